The molecule has 4 heterocycles. The minimum atomic E-state index is 0.0664. The second-order valence-electron chi connectivity index (χ2n) is 8.16. The molecular formula is C18H30N6O. The molecule has 2 atom stereocenters. The Morgan fingerprint density at radius 1 is 1.12 bits per heavy atom. The maximum atomic E-state index is 12.9. The smallest absolute Gasteiger partial charge is 0.291 e. The molecule has 3 aliphatic rings. The first-order chi connectivity index (χ1) is 12.1. The van der Waals surface area contributed by atoms with E-state index >= 15 is 0 Å². The molecule has 2 fully saturated rings. The van der Waals surface area contributed by atoms with Crippen molar-refractivity contribution in [2.75, 3.05) is 13.1 Å². The van der Waals surface area contributed by atoms with Crippen LogP contribution in [0.2, 0.25) is 0 Å². The van der Waals surface area contributed by atoms with Gasteiger partial charge in [-0.15, -0.1) is 10.2 Å². The second kappa shape index (κ2) is 7.03. The number of fused-ring (bicyclic) bond motifs is 1. The predicted octanol–water partition coefficient (Wildman–Crippen LogP) is 1.36. The van der Waals surface area contributed by atoms with E-state index in [-0.39, 0.29) is 5.91 Å². The van der Waals surface area contributed by atoms with E-state index in [1.807, 2.05) is 9.47 Å². The molecule has 0 bridgehead atoms. The van der Waals surface area contributed by atoms with Crippen LogP contribution in [0.25, 0.3) is 0 Å². The zero-order valence-electron chi connectivity index (χ0n) is 15.4. The van der Waals surface area contributed by atoms with Gasteiger partial charge >= 0.3 is 0 Å². The molecule has 0 aliphatic carbocycles. The molecule has 7 heteroatoms. The number of aryl methyl sites for hydroxylation is 1. The Kier molecular flexibility index (Phi) is 4.78. The van der Waals surface area contributed by atoms with Crippen LogP contribution in [-0.4, -0.2) is 50.7 Å². The lowest BCUT2D eigenvalue weighted by atomic mass is 9.85. The number of nitrogens with zero attached hydrogens (tertiary/aromatic N) is 4. The molecule has 25 heavy (non-hydrogen) atoms. The van der Waals surface area contributed by atoms with Crippen molar-refractivity contribution in [3.05, 3.63) is 11.6 Å². The third-order valence-corrected chi connectivity index (χ3v) is 6.21. The number of carbonyl (C=O) groups excluding carboxylic acids is 1. The average molecular weight is 346 g/mol. The third kappa shape index (κ3) is 3.31. The largest absolute Gasteiger partial charge is 0.336 e. The summed E-state index contributed by atoms with van der Waals surface area (Å²) in [4.78, 5) is 14.9. The summed E-state index contributed by atoms with van der Waals surface area (Å²) in [5, 5.41) is 8.42. The van der Waals surface area contributed by atoms with Crippen LogP contribution in [0.4, 0.5) is 0 Å². The van der Waals surface area contributed by atoms with Gasteiger partial charge in [0.1, 0.15) is 5.82 Å². The molecule has 0 saturated carbocycles. The molecule has 2 unspecified atom stereocenters. The SMILES string of the molecule is CC(C)C1CC(C2CCN(C(=O)c3nnc4n3CCCC4)CC2)NN1. The van der Waals surface area contributed by atoms with Crippen LogP contribution in [0.1, 0.15) is 62.4 Å². The number of piperidine rings is 1. The standard InChI is InChI=1S/C18H30N6O/c1-12(2)14-11-15(20-19-14)13-6-9-23(10-7-13)18(25)17-22-21-16-5-3-4-8-24(16)17/h12-15,19-20H,3-11H2,1-2H3. The van der Waals surface area contributed by atoms with Crippen molar-refractivity contribution in [2.24, 2.45) is 11.8 Å². The van der Waals surface area contributed by atoms with Crippen molar-refractivity contribution in [3.8, 4) is 0 Å². The average Bonchev–Trinajstić information content (AvgIpc) is 3.29. The van der Waals surface area contributed by atoms with Gasteiger partial charge in [-0.05, 0) is 43.9 Å². The maximum Gasteiger partial charge on any atom is 0.291 e. The number of carbonyl (C=O) groups is 1. The first-order valence-electron chi connectivity index (χ1n) is 9.86. The Hall–Kier alpha value is -1.47. The minimum absolute atomic E-state index is 0.0664. The summed E-state index contributed by atoms with van der Waals surface area (Å²) in [6, 6.07) is 1.10. The molecule has 0 spiro atoms. The van der Waals surface area contributed by atoms with Crippen LogP contribution in [-0.2, 0) is 13.0 Å². The highest BCUT2D eigenvalue weighted by Gasteiger charge is 2.35. The van der Waals surface area contributed by atoms with E-state index in [2.05, 4.69) is 34.9 Å². The van der Waals surface area contributed by atoms with Crippen LogP contribution < -0.4 is 10.9 Å². The van der Waals surface area contributed by atoms with Crippen molar-refractivity contribution >= 4 is 5.91 Å². The molecule has 7 nitrogen and oxygen atoms in total. The number of aromatic nitrogens is 3. The maximum absolute atomic E-state index is 12.9. The molecule has 2 N–H and O–H groups in total. The van der Waals surface area contributed by atoms with Crippen molar-refractivity contribution in [1.29, 1.82) is 0 Å². The summed E-state index contributed by atoms with van der Waals surface area (Å²) >= 11 is 0. The minimum Gasteiger partial charge on any atom is -0.336 e. The fourth-order valence-electron chi connectivity index (χ4n) is 4.47. The highest BCUT2D eigenvalue weighted by Crippen LogP contribution is 2.27. The summed E-state index contributed by atoms with van der Waals surface area (Å²) in [5.74, 6) is 2.89. The normalized spacial score (nSPS) is 27.7. The highest BCUT2D eigenvalue weighted by molar-refractivity contribution is 5.90. The van der Waals surface area contributed by atoms with E-state index in [0.29, 0.717) is 29.7 Å². The van der Waals surface area contributed by atoms with Crippen LogP contribution in [0, 0.1) is 11.8 Å². The quantitative estimate of drug-likeness (QED) is 0.864. The number of hydrogen-bond acceptors (Lipinski definition) is 5. The summed E-state index contributed by atoms with van der Waals surface area (Å²) < 4.78 is 2.04. The van der Waals surface area contributed by atoms with Crippen molar-refractivity contribution < 1.29 is 4.79 Å². The van der Waals surface area contributed by atoms with Crippen molar-refractivity contribution in [3.63, 3.8) is 0 Å². The third-order valence-electron chi connectivity index (χ3n) is 6.21. The van der Waals surface area contributed by atoms with E-state index in [0.717, 1.165) is 57.6 Å². The fraction of sp³-hybridized carbons (Fsp3) is 0.833. The van der Waals surface area contributed by atoms with Gasteiger partial charge in [0, 0.05) is 38.1 Å². The second-order valence-corrected chi connectivity index (χ2v) is 8.16. The summed E-state index contributed by atoms with van der Waals surface area (Å²) in [5.41, 5.74) is 6.93. The zero-order valence-corrected chi connectivity index (χ0v) is 15.4. The topological polar surface area (TPSA) is 75.1 Å². The molecule has 4 rings (SSSR count). The first kappa shape index (κ1) is 17.0. The molecule has 2 saturated heterocycles. The Morgan fingerprint density at radius 2 is 1.92 bits per heavy atom. The summed E-state index contributed by atoms with van der Waals surface area (Å²) in [6.07, 6.45) is 6.53. The monoisotopic (exact) mass is 346 g/mol. The van der Waals surface area contributed by atoms with Crippen LogP contribution >= 0.6 is 0 Å². The molecular weight excluding hydrogens is 316 g/mol. The van der Waals surface area contributed by atoms with Gasteiger partial charge in [-0.1, -0.05) is 13.8 Å². The predicted molar refractivity (Wildman–Crippen MR) is 94.9 cm³/mol. The van der Waals surface area contributed by atoms with Gasteiger partial charge in [0.25, 0.3) is 5.91 Å². The van der Waals surface area contributed by atoms with Crippen LogP contribution in [0.5, 0.6) is 0 Å². The number of nitrogens with one attached hydrogen (secondary N) is 2. The van der Waals surface area contributed by atoms with E-state index in [9.17, 15) is 4.79 Å². The Morgan fingerprint density at radius 3 is 2.64 bits per heavy atom. The van der Waals surface area contributed by atoms with E-state index in [1.54, 1.807) is 0 Å². The van der Waals surface area contributed by atoms with Gasteiger partial charge in [0.15, 0.2) is 0 Å². The molecule has 3 aliphatic heterocycles. The molecule has 0 radical (unpaired) electrons. The fourth-order valence-corrected chi connectivity index (χ4v) is 4.47. The summed E-state index contributed by atoms with van der Waals surface area (Å²) in [7, 11) is 0. The van der Waals surface area contributed by atoms with Gasteiger partial charge in [-0.2, -0.15) is 0 Å². The van der Waals surface area contributed by atoms with E-state index < -0.39 is 0 Å². The van der Waals surface area contributed by atoms with E-state index in [4.69, 9.17) is 0 Å². The van der Waals surface area contributed by atoms with Gasteiger partial charge in [-0.3, -0.25) is 15.6 Å². The Balaban J connectivity index is 1.34. The zero-order chi connectivity index (χ0) is 17.4. The van der Waals surface area contributed by atoms with Crippen LogP contribution in [0.15, 0.2) is 0 Å². The van der Waals surface area contributed by atoms with Crippen molar-refractivity contribution in [1.82, 2.24) is 30.5 Å². The van der Waals surface area contributed by atoms with E-state index in [1.165, 1.54) is 6.42 Å². The Labute approximate surface area is 149 Å². The van der Waals surface area contributed by atoms with Gasteiger partial charge < -0.3 is 9.47 Å². The number of rotatable bonds is 3. The molecule has 1 aromatic heterocycles. The lowest BCUT2D eigenvalue weighted by Crippen LogP contribution is -2.45. The molecule has 0 aromatic carbocycles. The first-order valence-corrected chi connectivity index (χ1v) is 9.86. The van der Waals surface area contributed by atoms with Gasteiger partial charge in [0.05, 0.1) is 0 Å². The molecule has 1 aromatic rings. The highest BCUT2D eigenvalue weighted by atomic mass is 16.2. The summed E-state index contributed by atoms with van der Waals surface area (Å²) in [6.45, 7) is 7.07. The number of hydrogen-bond donors (Lipinski definition) is 2. The van der Waals surface area contributed by atoms with Crippen LogP contribution in [0.3, 0.4) is 0 Å². The molecule has 138 valence electrons. The lowest BCUT2D eigenvalue weighted by molar-refractivity contribution is 0.0654. The van der Waals surface area contributed by atoms with Gasteiger partial charge in [0.2, 0.25) is 5.82 Å². The van der Waals surface area contributed by atoms with Gasteiger partial charge in [-0.25, -0.2) is 0 Å². The number of amides is 1. The lowest BCUT2D eigenvalue weighted by Gasteiger charge is -2.34. The van der Waals surface area contributed by atoms with Crippen molar-refractivity contribution in [2.45, 2.75) is 71.0 Å². The Bertz CT molecular complexity index is 619. The number of hydrazine groups is 1. The number of likely N-dealkylation sites (tertiary alicyclic amines) is 1. The molecule has 1 amide bonds.